The lowest BCUT2D eigenvalue weighted by Crippen LogP contribution is -2.45. The van der Waals surface area contributed by atoms with Gasteiger partial charge in [0.25, 0.3) is 5.91 Å². The van der Waals surface area contributed by atoms with Crippen molar-refractivity contribution in [1.29, 1.82) is 0 Å². The molecule has 0 fully saturated rings. The Morgan fingerprint density at radius 2 is 1.40 bits per heavy atom. The van der Waals surface area contributed by atoms with E-state index in [1.165, 1.54) is 42.5 Å². The fourth-order valence-electron chi connectivity index (χ4n) is 5.04. The molecule has 0 aromatic heterocycles. The predicted molar refractivity (Wildman–Crippen MR) is 165 cm³/mol. The zero-order chi connectivity index (χ0) is 34.2. The van der Waals surface area contributed by atoms with Gasteiger partial charge in [-0.2, -0.15) is 13.2 Å². The molecule has 0 radical (unpaired) electrons. The highest BCUT2D eigenvalue weighted by Gasteiger charge is 2.48. The summed E-state index contributed by atoms with van der Waals surface area (Å²) in [5.74, 6) is -4.41. The first-order valence-electron chi connectivity index (χ1n) is 14.4. The van der Waals surface area contributed by atoms with Crippen LogP contribution in [0.15, 0.2) is 97.1 Å². The van der Waals surface area contributed by atoms with E-state index in [4.69, 9.17) is 9.47 Å². The number of carbonyl (C=O) groups is 4. The first-order valence-corrected chi connectivity index (χ1v) is 14.4. The smallest absolute Gasteiger partial charge is 0.416 e. The monoisotopic (exact) mass is 649 g/mol. The molecule has 1 amide bonds. The van der Waals surface area contributed by atoms with Gasteiger partial charge in [0.2, 0.25) is 0 Å². The Morgan fingerprint density at radius 1 is 0.766 bits per heavy atom. The lowest BCUT2D eigenvalue weighted by Gasteiger charge is -2.25. The molecular weight excluding hydrogens is 619 g/mol. The molecule has 0 aliphatic carbocycles. The summed E-state index contributed by atoms with van der Waals surface area (Å²) >= 11 is 0. The number of esters is 1. The lowest BCUT2D eigenvalue weighted by atomic mass is 9.78. The summed E-state index contributed by atoms with van der Waals surface area (Å²) in [6.07, 6.45) is -5.38. The maximum absolute atomic E-state index is 13.5. The minimum Gasteiger partial charge on any atom is -0.491 e. The SMILES string of the molecule is CCOc1c(CC(=O)OCCC(C(=O)O)(C(=O)O)c2ccccc2)cccc1NC(=O)c1ccccc1-c1ccc(C(F)(F)F)cc1. The maximum atomic E-state index is 13.5. The number of para-hydroxylation sites is 1. The van der Waals surface area contributed by atoms with Crippen LogP contribution in [0.1, 0.15) is 40.4 Å². The molecule has 0 spiro atoms. The number of alkyl halides is 3. The Balaban J connectivity index is 1.51. The minimum atomic E-state index is -4.51. The Labute approximate surface area is 267 Å². The molecule has 0 unspecified atom stereocenters. The molecule has 0 saturated carbocycles. The van der Waals surface area contributed by atoms with Crippen LogP contribution in [-0.2, 0) is 37.1 Å². The molecule has 244 valence electrons. The van der Waals surface area contributed by atoms with Crippen LogP contribution in [0.4, 0.5) is 18.9 Å². The van der Waals surface area contributed by atoms with E-state index in [0.717, 1.165) is 12.1 Å². The Morgan fingerprint density at radius 3 is 2.02 bits per heavy atom. The number of hydrogen-bond acceptors (Lipinski definition) is 6. The van der Waals surface area contributed by atoms with E-state index in [2.05, 4.69) is 5.32 Å². The predicted octanol–water partition coefficient (Wildman–Crippen LogP) is 6.61. The van der Waals surface area contributed by atoms with Crippen molar-refractivity contribution < 1.29 is 52.0 Å². The molecule has 0 aliphatic heterocycles. The summed E-state index contributed by atoms with van der Waals surface area (Å²) in [7, 11) is 0. The van der Waals surface area contributed by atoms with Crippen molar-refractivity contribution in [2.75, 3.05) is 18.5 Å². The fourth-order valence-corrected chi connectivity index (χ4v) is 5.04. The van der Waals surface area contributed by atoms with Crippen molar-refractivity contribution in [1.82, 2.24) is 0 Å². The summed E-state index contributed by atoms with van der Waals surface area (Å²) in [6.45, 7) is 1.35. The number of nitrogens with one attached hydrogen (secondary N) is 1. The third-order valence-corrected chi connectivity index (χ3v) is 7.40. The van der Waals surface area contributed by atoms with Crippen molar-refractivity contribution in [2.24, 2.45) is 0 Å². The molecule has 4 rings (SSSR count). The number of rotatable bonds is 13. The second-order valence-corrected chi connectivity index (χ2v) is 10.3. The molecule has 0 atom stereocenters. The van der Waals surface area contributed by atoms with Crippen molar-refractivity contribution in [2.45, 2.75) is 31.4 Å². The van der Waals surface area contributed by atoms with E-state index in [0.29, 0.717) is 16.7 Å². The quantitative estimate of drug-likeness (QED) is 0.109. The molecule has 3 N–H and O–H groups in total. The number of hydrogen-bond donors (Lipinski definition) is 3. The van der Waals surface area contributed by atoms with Gasteiger partial charge in [-0.1, -0.05) is 72.8 Å². The van der Waals surface area contributed by atoms with Crippen LogP contribution in [0.3, 0.4) is 0 Å². The van der Waals surface area contributed by atoms with E-state index >= 15 is 0 Å². The van der Waals surface area contributed by atoms with Gasteiger partial charge in [0.1, 0.15) is 5.75 Å². The minimum absolute atomic E-state index is 0.0259. The van der Waals surface area contributed by atoms with Gasteiger partial charge in [-0.05, 0) is 47.9 Å². The van der Waals surface area contributed by atoms with Crippen molar-refractivity contribution in [3.63, 3.8) is 0 Å². The van der Waals surface area contributed by atoms with Gasteiger partial charge in [-0.15, -0.1) is 0 Å². The topological polar surface area (TPSA) is 139 Å². The summed E-state index contributed by atoms with van der Waals surface area (Å²) in [5.41, 5.74) is -1.62. The number of aliphatic carboxylic acids is 2. The second kappa shape index (κ2) is 14.6. The van der Waals surface area contributed by atoms with E-state index < -0.39 is 54.0 Å². The van der Waals surface area contributed by atoms with Gasteiger partial charge in [0.05, 0.1) is 30.9 Å². The van der Waals surface area contributed by atoms with Crippen LogP contribution in [0, 0.1) is 0 Å². The highest BCUT2D eigenvalue weighted by molar-refractivity contribution is 6.09. The standard InChI is InChI=1S/C35H30F3NO8/c1-2-46-30-23(21-29(40)47-20-19-34(32(42)43,33(44)45)24-10-4-3-5-11-24)9-8-14-28(30)39-31(41)27-13-7-6-12-26(27)22-15-17-25(18-16-22)35(36,37)38/h3-18H,2,19-21H2,1H3,(H,39,41)(H,42,43)(H,44,45). The highest BCUT2D eigenvalue weighted by Crippen LogP contribution is 2.34. The van der Waals surface area contributed by atoms with Crippen LogP contribution in [0.25, 0.3) is 11.1 Å². The second-order valence-electron chi connectivity index (χ2n) is 10.3. The summed E-state index contributed by atoms with van der Waals surface area (Å²) in [4.78, 5) is 50.5. The fraction of sp³-hybridized carbons (Fsp3) is 0.200. The number of amides is 1. The first kappa shape index (κ1) is 34.2. The molecule has 0 heterocycles. The Kier molecular flexibility index (Phi) is 10.7. The average molecular weight is 650 g/mol. The molecule has 12 heteroatoms. The zero-order valence-electron chi connectivity index (χ0n) is 25.0. The van der Waals surface area contributed by atoms with Crippen LogP contribution in [-0.4, -0.2) is 47.2 Å². The van der Waals surface area contributed by atoms with Gasteiger partial charge in [-0.25, -0.2) is 0 Å². The molecule has 4 aromatic rings. The third-order valence-electron chi connectivity index (χ3n) is 7.40. The molecule has 4 aromatic carbocycles. The van der Waals surface area contributed by atoms with Crippen molar-refractivity contribution in [3.05, 3.63) is 119 Å². The van der Waals surface area contributed by atoms with E-state index in [9.17, 15) is 42.6 Å². The van der Waals surface area contributed by atoms with Gasteiger partial charge in [0, 0.05) is 17.5 Å². The lowest BCUT2D eigenvalue weighted by molar-refractivity contribution is -0.160. The van der Waals surface area contributed by atoms with Gasteiger partial charge in [0.15, 0.2) is 5.41 Å². The Hall–Kier alpha value is -5.65. The molecule has 0 saturated heterocycles. The number of carbonyl (C=O) groups excluding carboxylic acids is 2. The number of halogens is 3. The number of carboxylic acid groups (broad SMARTS) is 2. The number of carboxylic acids is 2. The van der Waals surface area contributed by atoms with Crippen molar-refractivity contribution >= 4 is 29.5 Å². The summed E-state index contributed by atoms with van der Waals surface area (Å²) in [6, 6.07) is 22.9. The highest BCUT2D eigenvalue weighted by atomic mass is 19.4. The van der Waals surface area contributed by atoms with Crippen LogP contribution in [0.5, 0.6) is 5.75 Å². The number of ether oxygens (including phenoxy) is 2. The van der Waals surface area contributed by atoms with E-state index in [1.54, 1.807) is 49.4 Å². The number of benzene rings is 4. The summed E-state index contributed by atoms with van der Waals surface area (Å²) < 4.78 is 50.2. The molecule has 9 nitrogen and oxygen atoms in total. The van der Waals surface area contributed by atoms with Gasteiger partial charge < -0.3 is 25.0 Å². The Bertz CT molecular complexity index is 1740. The summed E-state index contributed by atoms with van der Waals surface area (Å²) in [5, 5.41) is 22.4. The molecule has 0 aliphatic rings. The normalized spacial score (nSPS) is 11.4. The van der Waals surface area contributed by atoms with Crippen molar-refractivity contribution in [3.8, 4) is 16.9 Å². The van der Waals surface area contributed by atoms with Gasteiger partial charge >= 0.3 is 24.1 Å². The maximum Gasteiger partial charge on any atom is 0.416 e. The van der Waals surface area contributed by atoms with E-state index in [1.807, 2.05) is 0 Å². The van der Waals surface area contributed by atoms with Gasteiger partial charge in [-0.3, -0.25) is 19.2 Å². The zero-order valence-corrected chi connectivity index (χ0v) is 25.0. The van der Waals surface area contributed by atoms with E-state index in [-0.39, 0.29) is 35.6 Å². The average Bonchev–Trinajstić information content (AvgIpc) is 3.04. The van der Waals surface area contributed by atoms with Crippen LogP contribution < -0.4 is 10.1 Å². The largest absolute Gasteiger partial charge is 0.491 e. The third kappa shape index (κ3) is 7.78. The molecule has 0 bridgehead atoms. The molecule has 47 heavy (non-hydrogen) atoms. The van der Waals surface area contributed by atoms with Crippen LogP contribution in [0.2, 0.25) is 0 Å². The molecular formula is C35H30F3NO8. The first-order chi connectivity index (χ1) is 22.4. The van der Waals surface area contributed by atoms with Crippen LogP contribution >= 0.6 is 0 Å². The number of anilines is 1.